The fraction of sp³-hybridized carbons (Fsp3) is 0.690. The average Bonchev–Trinajstić information content (AvgIpc) is 3.17. The third kappa shape index (κ3) is 3.84. The van der Waals surface area contributed by atoms with Crippen LogP contribution in [0.5, 0.6) is 0 Å². The normalized spacial score (nSPS) is 36.2. The number of methoxy groups -OCH3 is 4. The second-order valence-electron chi connectivity index (χ2n) is 11.3. The molecule has 4 aliphatic rings. The summed E-state index contributed by atoms with van der Waals surface area (Å²) in [6.45, 7) is 2.20. The molecule has 6 heteroatoms. The van der Waals surface area contributed by atoms with E-state index in [0.29, 0.717) is 36.9 Å². The van der Waals surface area contributed by atoms with Gasteiger partial charge < -0.3 is 24.1 Å². The molecule has 4 aliphatic carbocycles. The van der Waals surface area contributed by atoms with Crippen LogP contribution in [-0.4, -0.2) is 50.7 Å². The molecule has 0 aromatic heterocycles. The molecule has 3 saturated carbocycles. The summed E-state index contributed by atoms with van der Waals surface area (Å²) >= 11 is 0. The number of allylic oxidation sites excluding steroid dienone is 1. The fourth-order valence-corrected chi connectivity index (χ4v) is 8.03. The zero-order valence-electron chi connectivity index (χ0n) is 21.8. The van der Waals surface area contributed by atoms with Crippen LogP contribution in [0.15, 0.2) is 35.4 Å². The monoisotopic (exact) mass is 484 g/mol. The average molecular weight is 485 g/mol. The lowest BCUT2D eigenvalue weighted by molar-refractivity contribution is -0.246. The van der Waals surface area contributed by atoms with Gasteiger partial charge in [-0.2, -0.15) is 0 Å². The van der Waals surface area contributed by atoms with E-state index in [1.54, 1.807) is 28.4 Å². The smallest absolute Gasteiger partial charge is 0.183 e. The highest BCUT2D eigenvalue weighted by atomic mass is 16.7. The Morgan fingerprint density at radius 3 is 2.29 bits per heavy atom. The standard InChI is InChI=1S/C29H40O6/c1-27-16-21(18-6-8-19(9-7-18)26(32-2)33-3)25-20(22(27)10-11-24(27)30)12-14-28(31)17-29(34-4,35-5)15-13-23(25)28/h6-9,20-22,26,31H,10-17H2,1-5H3/t20-,21+,22-,27-,28+/m0/s1. The van der Waals surface area contributed by atoms with E-state index in [2.05, 4.69) is 31.2 Å². The minimum absolute atomic E-state index is 0.111. The summed E-state index contributed by atoms with van der Waals surface area (Å²) in [5.41, 5.74) is 3.51. The number of ether oxygens (including phenoxy) is 4. The first-order chi connectivity index (χ1) is 16.7. The van der Waals surface area contributed by atoms with Crippen LogP contribution in [0.1, 0.15) is 81.6 Å². The van der Waals surface area contributed by atoms with Crippen LogP contribution in [0.25, 0.3) is 0 Å². The second-order valence-corrected chi connectivity index (χ2v) is 11.3. The number of hydrogen-bond donors (Lipinski definition) is 1. The summed E-state index contributed by atoms with van der Waals surface area (Å²) in [6, 6.07) is 8.44. The Hall–Kier alpha value is -1.57. The Morgan fingerprint density at radius 2 is 1.66 bits per heavy atom. The molecule has 0 spiro atoms. The lowest BCUT2D eigenvalue weighted by Crippen LogP contribution is -2.54. The van der Waals surface area contributed by atoms with Gasteiger partial charge in [-0.05, 0) is 55.1 Å². The van der Waals surface area contributed by atoms with Crippen LogP contribution in [0.3, 0.4) is 0 Å². The molecule has 1 aromatic carbocycles. The van der Waals surface area contributed by atoms with E-state index in [9.17, 15) is 9.90 Å². The zero-order valence-corrected chi connectivity index (χ0v) is 21.8. The number of rotatable bonds is 6. The second kappa shape index (κ2) is 9.07. The van der Waals surface area contributed by atoms with Crippen LogP contribution in [0.2, 0.25) is 0 Å². The van der Waals surface area contributed by atoms with Crippen molar-refractivity contribution in [3.05, 3.63) is 46.5 Å². The summed E-state index contributed by atoms with van der Waals surface area (Å²) in [5, 5.41) is 12.0. The van der Waals surface area contributed by atoms with Gasteiger partial charge in [-0.3, -0.25) is 4.79 Å². The molecule has 0 unspecified atom stereocenters. The van der Waals surface area contributed by atoms with Gasteiger partial charge in [-0.1, -0.05) is 36.8 Å². The summed E-state index contributed by atoms with van der Waals surface area (Å²) in [7, 11) is 6.62. The van der Waals surface area contributed by atoms with Crippen molar-refractivity contribution in [2.75, 3.05) is 28.4 Å². The number of ketones is 1. The molecule has 0 radical (unpaired) electrons. The number of benzene rings is 1. The van der Waals surface area contributed by atoms with E-state index < -0.39 is 17.7 Å². The van der Waals surface area contributed by atoms with Gasteiger partial charge in [0.2, 0.25) is 0 Å². The van der Waals surface area contributed by atoms with E-state index in [1.807, 2.05) is 0 Å². The van der Waals surface area contributed by atoms with Crippen molar-refractivity contribution in [2.45, 2.75) is 81.9 Å². The van der Waals surface area contributed by atoms with Crippen molar-refractivity contribution in [1.29, 1.82) is 0 Å². The summed E-state index contributed by atoms with van der Waals surface area (Å²) in [5.74, 6) is 0.475. The maximum absolute atomic E-state index is 13.2. The molecular formula is C29H40O6. The van der Waals surface area contributed by atoms with Crippen molar-refractivity contribution < 1.29 is 28.8 Å². The van der Waals surface area contributed by atoms with Gasteiger partial charge in [-0.15, -0.1) is 0 Å². The SMILES string of the molecule is COC(OC)c1ccc([C@H]2C[C@]3(C)C(=O)CC[C@H]3[C@@H]3CC[C@@]4(O)CC(OC)(OC)CCC4=C32)cc1. The molecule has 6 nitrogen and oxygen atoms in total. The molecule has 0 heterocycles. The minimum atomic E-state index is -0.929. The molecule has 0 amide bonds. The zero-order chi connectivity index (χ0) is 25.0. The van der Waals surface area contributed by atoms with Crippen molar-refractivity contribution in [3.63, 3.8) is 0 Å². The summed E-state index contributed by atoms with van der Waals surface area (Å²) in [4.78, 5) is 13.2. The Labute approximate surface area is 209 Å². The van der Waals surface area contributed by atoms with Gasteiger partial charge in [0.15, 0.2) is 12.1 Å². The Balaban J connectivity index is 1.60. The van der Waals surface area contributed by atoms with E-state index in [-0.39, 0.29) is 11.3 Å². The lowest BCUT2D eigenvalue weighted by Gasteiger charge is -2.55. The van der Waals surface area contributed by atoms with Crippen molar-refractivity contribution in [3.8, 4) is 0 Å². The maximum atomic E-state index is 13.2. The molecule has 5 atom stereocenters. The fourth-order valence-electron chi connectivity index (χ4n) is 8.03. The number of hydrogen-bond acceptors (Lipinski definition) is 6. The number of fused-ring (bicyclic) bond motifs is 4. The van der Waals surface area contributed by atoms with E-state index in [4.69, 9.17) is 18.9 Å². The van der Waals surface area contributed by atoms with Gasteiger partial charge in [-0.25, -0.2) is 0 Å². The number of carbonyl (C=O) groups is 1. The first kappa shape index (κ1) is 25.1. The molecule has 3 fully saturated rings. The number of Topliss-reactive ketones (excluding diaryl/α,β-unsaturated/α-hetero) is 1. The third-order valence-electron chi connectivity index (χ3n) is 9.91. The van der Waals surface area contributed by atoms with Gasteiger partial charge in [0.25, 0.3) is 0 Å². The largest absolute Gasteiger partial charge is 0.385 e. The molecular weight excluding hydrogens is 444 g/mol. The van der Waals surface area contributed by atoms with Crippen molar-refractivity contribution in [2.24, 2.45) is 17.3 Å². The first-order valence-corrected chi connectivity index (χ1v) is 13.0. The van der Waals surface area contributed by atoms with Crippen LogP contribution in [0.4, 0.5) is 0 Å². The molecule has 5 rings (SSSR count). The highest BCUT2D eigenvalue weighted by molar-refractivity contribution is 5.87. The van der Waals surface area contributed by atoms with E-state index in [1.165, 1.54) is 16.7 Å². The topological polar surface area (TPSA) is 74.2 Å². The van der Waals surface area contributed by atoms with Crippen LogP contribution >= 0.6 is 0 Å². The highest BCUT2D eigenvalue weighted by Gasteiger charge is 2.60. The van der Waals surface area contributed by atoms with Crippen molar-refractivity contribution in [1.82, 2.24) is 0 Å². The molecule has 0 bridgehead atoms. The highest BCUT2D eigenvalue weighted by Crippen LogP contribution is 2.64. The predicted octanol–water partition coefficient (Wildman–Crippen LogP) is 5.06. The van der Waals surface area contributed by atoms with Gasteiger partial charge >= 0.3 is 0 Å². The van der Waals surface area contributed by atoms with Gasteiger partial charge in [0, 0.05) is 64.6 Å². The van der Waals surface area contributed by atoms with Crippen LogP contribution in [-0.2, 0) is 23.7 Å². The molecule has 1 N–H and O–H groups in total. The number of carbonyl (C=O) groups excluding carboxylic acids is 1. The van der Waals surface area contributed by atoms with Crippen LogP contribution < -0.4 is 0 Å². The summed E-state index contributed by atoms with van der Waals surface area (Å²) < 4.78 is 22.4. The molecule has 0 aliphatic heterocycles. The third-order valence-corrected chi connectivity index (χ3v) is 9.91. The van der Waals surface area contributed by atoms with E-state index in [0.717, 1.165) is 37.7 Å². The maximum Gasteiger partial charge on any atom is 0.183 e. The van der Waals surface area contributed by atoms with Gasteiger partial charge in [0.05, 0.1) is 5.60 Å². The predicted molar refractivity (Wildman–Crippen MR) is 132 cm³/mol. The molecule has 0 saturated heterocycles. The van der Waals surface area contributed by atoms with Gasteiger partial charge in [0.1, 0.15) is 5.78 Å². The molecule has 1 aromatic rings. The van der Waals surface area contributed by atoms with Crippen molar-refractivity contribution >= 4 is 5.78 Å². The Kier molecular flexibility index (Phi) is 6.50. The number of aliphatic hydroxyl groups is 1. The Bertz CT molecular complexity index is 991. The molecule has 35 heavy (non-hydrogen) atoms. The summed E-state index contributed by atoms with van der Waals surface area (Å²) in [6.07, 6.45) is 5.57. The van der Waals surface area contributed by atoms with E-state index >= 15 is 0 Å². The first-order valence-electron chi connectivity index (χ1n) is 13.0. The molecule has 192 valence electrons. The Morgan fingerprint density at radius 1 is 0.971 bits per heavy atom. The lowest BCUT2D eigenvalue weighted by atomic mass is 9.51. The van der Waals surface area contributed by atoms with Crippen LogP contribution in [0, 0.1) is 17.3 Å². The minimum Gasteiger partial charge on any atom is -0.385 e. The quantitative estimate of drug-likeness (QED) is 0.449.